The summed E-state index contributed by atoms with van der Waals surface area (Å²) in [6.07, 6.45) is 0. The van der Waals surface area contributed by atoms with Gasteiger partial charge in [0.05, 0.1) is 27.6 Å². The normalized spacial score (nSPS) is 19.4. The molecule has 1 aromatic rings. The highest BCUT2D eigenvalue weighted by atomic mass is 32.7. The molecule has 0 spiro atoms. The molecule has 1 heterocycles. The van der Waals surface area contributed by atoms with E-state index in [2.05, 4.69) is 16.8 Å². The Kier molecular flexibility index (Phi) is 4.47. The van der Waals surface area contributed by atoms with Crippen molar-refractivity contribution in [1.82, 2.24) is 4.67 Å². The maximum atomic E-state index is 5.34. The van der Waals surface area contributed by atoms with E-state index in [4.69, 9.17) is 21.7 Å². The number of nitrogens with zero attached hydrogens (tertiary/aromatic N) is 1. The fourth-order valence-corrected chi connectivity index (χ4v) is 3.84. The van der Waals surface area contributed by atoms with Gasteiger partial charge in [-0.05, 0) is 24.3 Å². The monoisotopic (exact) mass is 257 g/mol. The molecule has 0 radical (unpaired) electrons. The summed E-state index contributed by atoms with van der Waals surface area (Å²) < 4.78 is 12.9. The van der Waals surface area contributed by atoms with Crippen LogP contribution in [0.3, 0.4) is 0 Å². The van der Waals surface area contributed by atoms with Gasteiger partial charge in [-0.25, -0.2) is 0 Å². The lowest BCUT2D eigenvalue weighted by atomic mass is 10.3. The molecule has 0 amide bonds. The molecular formula is C11H16NO2PS. The summed E-state index contributed by atoms with van der Waals surface area (Å²) in [5.74, 6) is 0.891. The van der Waals surface area contributed by atoms with Crippen molar-refractivity contribution in [1.29, 1.82) is 0 Å². The van der Waals surface area contributed by atoms with Crippen molar-refractivity contribution in [3.63, 3.8) is 0 Å². The predicted molar refractivity (Wildman–Crippen MR) is 70.9 cm³/mol. The van der Waals surface area contributed by atoms with E-state index in [1.807, 2.05) is 12.1 Å². The summed E-state index contributed by atoms with van der Waals surface area (Å²) in [7, 11) is 1.16. The van der Waals surface area contributed by atoms with Crippen LogP contribution in [0.15, 0.2) is 24.3 Å². The smallest absolute Gasteiger partial charge is 0.118 e. The third kappa shape index (κ3) is 2.89. The van der Waals surface area contributed by atoms with Gasteiger partial charge in [-0.2, -0.15) is 0 Å². The van der Waals surface area contributed by atoms with E-state index in [9.17, 15) is 0 Å². The topological polar surface area (TPSA) is 21.7 Å². The van der Waals surface area contributed by atoms with Crippen LogP contribution in [-0.2, 0) is 4.74 Å². The molecule has 1 aromatic carbocycles. The van der Waals surface area contributed by atoms with E-state index in [-0.39, 0.29) is 0 Å². The number of hydrogen-bond donors (Lipinski definition) is 1. The number of hydrogen-bond acceptors (Lipinski definition) is 4. The molecule has 5 heteroatoms. The molecule has 1 aliphatic rings. The molecule has 0 N–H and O–H groups in total. The molecule has 2 rings (SSSR count). The first-order valence-corrected chi connectivity index (χ1v) is 7.71. The van der Waals surface area contributed by atoms with Gasteiger partial charge in [-0.3, -0.25) is 4.67 Å². The molecule has 1 atom stereocenters. The van der Waals surface area contributed by atoms with Gasteiger partial charge in [0.1, 0.15) is 5.75 Å². The van der Waals surface area contributed by atoms with Crippen LogP contribution in [0.5, 0.6) is 5.75 Å². The lowest BCUT2D eigenvalue weighted by Gasteiger charge is -2.31. The zero-order valence-corrected chi connectivity index (χ0v) is 11.1. The standard InChI is InChI=1S/C11H16NO2PS/c1-13-10-2-4-11(5-3-10)15(16)12-6-8-14-9-7-12/h2-5,16H,6-9H2,1H3. The van der Waals surface area contributed by atoms with Crippen LogP contribution in [0.4, 0.5) is 0 Å². The number of ether oxygens (including phenoxy) is 2. The van der Waals surface area contributed by atoms with E-state index >= 15 is 0 Å². The van der Waals surface area contributed by atoms with Crippen LogP contribution in [0.25, 0.3) is 0 Å². The Labute approximate surface area is 103 Å². The highest BCUT2D eigenvalue weighted by Gasteiger charge is 2.19. The summed E-state index contributed by atoms with van der Waals surface area (Å²) in [5.41, 5.74) is 0. The van der Waals surface area contributed by atoms with Crippen LogP contribution in [-0.4, -0.2) is 38.1 Å². The molecule has 1 aliphatic heterocycles. The molecule has 88 valence electrons. The van der Waals surface area contributed by atoms with E-state index in [1.54, 1.807) is 7.11 Å². The Morgan fingerprint density at radius 2 is 1.88 bits per heavy atom. The third-order valence-electron chi connectivity index (χ3n) is 2.56. The molecule has 0 aromatic heterocycles. The largest absolute Gasteiger partial charge is 0.497 e. The van der Waals surface area contributed by atoms with Crippen molar-refractivity contribution in [3.05, 3.63) is 24.3 Å². The Hall–Kier alpha value is -0.280. The number of benzene rings is 1. The van der Waals surface area contributed by atoms with Crippen molar-refractivity contribution in [2.75, 3.05) is 33.4 Å². The second-order valence-corrected chi connectivity index (χ2v) is 6.35. The zero-order chi connectivity index (χ0) is 11.4. The minimum atomic E-state index is -0.519. The molecular weight excluding hydrogens is 241 g/mol. The predicted octanol–water partition coefficient (Wildman–Crippen LogP) is 1.89. The number of methoxy groups -OCH3 is 1. The van der Waals surface area contributed by atoms with Crippen LogP contribution in [0.1, 0.15) is 0 Å². The first-order valence-electron chi connectivity index (χ1n) is 5.27. The van der Waals surface area contributed by atoms with Gasteiger partial charge in [-0.15, -0.1) is 12.2 Å². The van der Waals surface area contributed by atoms with Crippen LogP contribution >= 0.6 is 19.5 Å². The summed E-state index contributed by atoms with van der Waals surface area (Å²) >= 11 is 4.72. The molecule has 1 unspecified atom stereocenters. The maximum absolute atomic E-state index is 5.34. The Morgan fingerprint density at radius 3 is 2.44 bits per heavy atom. The van der Waals surface area contributed by atoms with Gasteiger partial charge in [0.2, 0.25) is 0 Å². The molecule has 0 saturated carbocycles. The van der Waals surface area contributed by atoms with Crippen LogP contribution < -0.4 is 10.0 Å². The lowest BCUT2D eigenvalue weighted by molar-refractivity contribution is 0.0760. The van der Waals surface area contributed by atoms with Crippen molar-refractivity contribution >= 4 is 24.8 Å². The van der Waals surface area contributed by atoms with Gasteiger partial charge < -0.3 is 9.47 Å². The van der Waals surface area contributed by atoms with Gasteiger partial charge in [0.25, 0.3) is 0 Å². The summed E-state index contributed by atoms with van der Waals surface area (Å²) in [6, 6.07) is 8.16. The summed E-state index contributed by atoms with van der Waals surface area (Å²) in [4.78, 5) is 0. The molecule has 0 bridgehead atoms. The highest BCUT2D eigenvalue weighted by Crippen LogP contribution is 2.44. The molecule has 1 saturated heterocycles. The molecule has 1 fully saturated rings. The van der Waals surface area contributed by atoms with Crippen LogP contribution in [0.2, 0.25) is 0 Å². The Morgan fingerprint density at radius 1 is 1.25 bits per heavy atom. The van der Waals surface area contributed by atoms with E-state index in [0.717, 1.165) is 32.1 Å². The fourth-order valence-electron chi connectivity index (χ4n) is 1.62. The van der Waals surface area contributed by atoms with E-state index < -0.39 is 7.27 Å². The van der Waals surface area contributed by atoms with Crippen molar-refractivity contribution in [2.45, 2.75) is 0 Å². The van der Waals surface area contributed by atoms with Crippen molar-refractivity contribution in [3.8, 4) is 5.75 Å². The fraction of sp³-hybridized carbons (Fsp3) is 0.455. The lowest BCUT2D eigenvalue weighted by Crippen LogP contribution is -2.33. The average Bonchev–Trinajstić information content (AvgIpc) is 2.39. The quantitative estimate of drug-likeness (QED) is 0.660. The van der Waals surface area contributed by atoms with Gasteiger partial charge >= 0.3 is 0 Å². The van der Waals surface area contributed by atoms with Crippen molar-refractivity contribution in [2.24, 2.45) is 0 Å². The third-order valence-corrected chi connectivity index (χ3v) is 5.71. The first-order chi connectivity index (χ1) is 7.81. The van der Waals surface area contributed by atoms with Gasteiger partial charge in [0, 0.05) is 18.4 Å². The van der Waals surface area contributed by atoms with Gasteiger partial charge in [0.15, 0.2) is 0 Å². The number of thiol groups is 1. The minimum absolute atomic E-state index is 0.519. The van der Waals surface area contributed by atoms with Crippen molar-refractivity contribution < 1.29 is 9.47 Å². The first kappa shape index (κ1) is 12.2. The molecule has 0 aliphatic carbocycles. The minimum Gasteiger partial charge on any atom is -0.497 e. The zero-order valence-electron chi connectivity index (χ0n) is 9.30. The second kappa shape index (κ2) is 5.87. The maximum Gasteiger partial charge on any atom is 0.118 e. The second-order valence-electron chi connectivity index (χ2n) is 3.55. The van der Waals surface area contributed by atoms with E-state index in [0.29, 0.717) is 0 Å². The molecule has 16 heavy (non-hydrogen) atoms. The summed E-state index contributed by atoms with van der Waals surface area (Å²) in [6.45, 7) is 3.58. The highest BCUT2D eigenvalue weighted by molar-refractivity contribution is 8.47. The number of morpholine rings is 1. The molecule has 3 nitrogen and oxygen atoms in total. The van der Waals surface area contributed by atoms with Gasteiger partial charge in [-0.1, -0.05) is 0 Å². The SMILES string of the molecule is COc1ccc(P(S)N2CCOCC2)cc1. The summed E-state index contributed by atoms with van der Waals surface area (Å²) in [5, 5.41) is 1.26. The number of rotatable bonds is 3. The Balaban J connectivity index is 2.04. The van der Waals surface area contributed by atoms with E-state index in [1.165, 1.54) is 5.30 Å². The Bertz CT molecular complexity index is 327. The van der Waals surface area contributed by atoms with Crippen LogP contribution in [0, 0.1) is 0 Å². The average molecular weight is 257 g/mol.